The van der Waals surface area contributed by atoms with Gasteiger partial charge in [-0.25, -0.2) is 0 Å². The molecule has 90 valence electrons. The molecule has 15 heavy (non-hydrogen) atoms. The molecule has 0 aromatic carbocycles. The molecule has 0 radical (unpaired) electrons. The van der Waals surface area contributed by atoms with E-state index in [1.54, 1.807) is 0 Å². The fourth-order valence-corrected chi connectivity index (χ4v) is 2.10. The van der Waals surface area contributed by atoms with E-state index in [0.29, 0.717) is 6.42 Å². The van der Waals surface area contributed by atoms with E-state index in [0.717, 1.165) is 0 Å². The van der Waals surface area contributed by atoms with Gasteiger partial charge in [0.1, 0.15) is 5.84 Å². The van der Waals surface area contributed by atoms with Gasteiger partial charge in [-0.3, -0.25) is 0 Å². The first-order valence-electron chi connectivity index (χ1n) is 4.26. The maximum atomic E-state index is 8.45. The molecule has 3 N–H and O–H groups in total. The van der Waals surface area contributed by atoms with E-state index in [-0.39, 0.29) is 17.6 Å². The summed E-state index contributed by atoms with van der Waals surface area (Å²) in [4.78, 5) is 0. The number of rotatable bonds is 4. The summed E-state index contributed by atoms with van der Waals surface area (Å²) in [5.74, 6) is 0.106. The average Bonchev–Trinajstić information content (AvgIpc) is 2.00. The summed E-state index contributed by atoms with van der Waals surface area (Å²) < 4.78 is -1.39. The van der Waals surface area contributed by atoms with Crippen molar-refractivity contribution in [3.05, 3.63) is 0 Å². The molecule has 0 saturated heterocycles. The van der Waals surface area contributed by atoms with Gasteiger partial charge in [-0.1, -0.05) is 53.8 Å². The van der Waals surface area contributed by atoms with Gasteiger partial charge in [-0.15, -0.1) is 11.6 Å². The number of hydrogen-bond acceptors (Lipinski definition) is 2. The van der Waals surface area contributed by atoms with Crippen LogP contribution in [-0.2, 0) is 0 Å². The molecule has 0 spiro atoms. The van der Waals surface area contributed by atoms with Gasteiger partial charge in [0.15, 0.2) is 3.79 Å². The van der Waals surface area contributed by atoms with Crippen molar-refractivity contribution in [1.29, 1.82) is 0 Å². The maximum Gasteiger partial charge on any atom is 0.192 e. The first-order valence-corrected chi connectivity index (χ1v) is 5.83. The fourth-order valence-electron chi connectivity index (χ4n) is 1.09. The van der Waals surface area contributed by atoms with Crippen molar-refractivity contribution in [3.63, 3.8) is 0 Å². The number of halogens is 4. The van der Waals surface area contributed by atoms with Crippen molar-refractivity contribution in [2.24, 2.45) is 16.3 Å². The Balaban J connectivity index is 4.45. The second-order valence-electron chi connectivity index (χ2n) is 4.04. The molecule has 0 rings (SSSR count). The lowest BCUT2D eigenvalue weighted by Crippen LogP contribution is -2.33. The van der Waals surface area contributed by atoms with Crippen LogP contribution in [0, 0.1) is 5.41 Å². The van der Waals surface area contributed by atoms with Gasteiger partial charge in [-0.05, 0) is 5.41 Å². The van der Waals surface area contributed by atoms with E-state index >= 15 is 0 Å². The van der Waals surface area contributed by atoms with Gasteiger partial charge in [0, 0.05) is 18.2 Å². The van der Waals surface area contributed by atoms with Crippen LogP contribution < -0.4 is 5.73 Å². The Morgan fingerprint density at radius 3 is 2.20 bits per heavy atom. The van der Waals surface area contributed by atoms with E-state index in [9.17, 15) is 0 Å². The highest BCUT2D eigenvalue weighted by Gasteiger charge is 2.35. The Morgan fingerprint density at radius 1 is 1.40 bits per heavy atom. The molecule has 0 aliphatic carbocycles. The van der Waals surface area contributed by atoms with E-state index in [2.05, 4.69) is 5.16 Å². The summed E-state index contributed by atoms with van der Waals surface area (Å²) in [6.07, 6.45) is 0.531. The average molecular weight is 296 g/mol. The minimum atomic E-state index is -1.39. The summed E-state index contributed by atoms with van der Waals surface area (Å²) in [5, 5.41) is 11.0. The Hall–Kier alpha value is 0.430. The summed E-state index contributed by atoms with van der Waals surface area (Å²) in [6.45, 7) is 3.72. The minimum absolute atomic E-state index is 0.106. The number of amidine groups is 1. The molecule has 0 heterocycles. The van der Waals surface area contributed by atoms with Gasteiger partial charge in [0.05, 0.1) is 0 Å². The third kappa shape index (κ3) is 6.56. The van der Waals surface area contributed by atoms with E-state index in [1.165, 1.54) is 0 Å². The van der Waals surface area contributed by atoms with Gasteiger partial charge in [-0.2, -0.15) is 0 Å². The quantitative estimate of drug-likeness (QED) is 0.274. The second-order valence-corrected chi connectivity index (χ2v) is 7.09. The number of oxime groups is 1. The topological polar surface area (TPSA) is 58.6 Å². The molecular formula is C8H14Cl4N2O. The zero-order valence-electron chi connectivity index (χ0n) is 8.48. The third-order valence-corrected chi connectivity index (χ3v) is 3.23. The molecule has 1 unspecified atom stereocenters. The first-order chi connectivity index (χ1) is 6.58. The zero-order chi connectivity index (χ0) is 12.3. The normalized spacial score (nSPS) is 16.5. The lowest BCUT2D eigenvalue weighted by atomic mass is 9.83. The van der Waals surface area contributed by atoms with Gasteiger partial charge in [0.2, 0.25) is 0 Å². The summed E-state index contributed by atoms with van der Waals surface area (Å²) in [7, 11) is 0. The summed E-state index contributed by atoms with van der Waals surface area (Å²) >= 11 is 23.0. The van der Waals surface area contributed by atoms with Crippen LogP contribution >= 0.6 is 46.4 Å². The van der Waals surface area contributed by atoms with Crippen molar-refractivity contribution >= 4 is 52.2 Å². The Morgan fingerprint density at radius 2 is 1.87 bits per heavy atom. The van der Waals surface area contributed by atoms with Crippen LogP contribution in [0.5, 0.6) is 0 Å². The number of alkyl halides is 4. The predicted octanol–water partition coefficient (Wildman–Crippen LogP) is 3.52. The molecule has 0 aromatic rings. The first kappa shape index (κ1) is 15.4. The number of hydrogen-bond donors (Lipinski definition) is 2. The molecule has 1 atom stereocenters. The van der Waals surface area contributed by atoms with Crippen molar-refractivity contribution in [3.8, 4) is 0 Å². The van der Waals surface area contributed by atoms with Crippen LogP contribution in [0.3, 0.4) is 0 Å². The predicted molar refractivity (Wildman–Crippen MR) is 66.4 cm³/mol. The molecule has 0 amide bonds. The molecule has 0 aromatic heterocycles. The van der Waals surface area contributed by atoms with Crippen molar-refractivity contribution < 1.29 is 5.21 Å². The van der Waals surface area contributed by atoms with Crippen molar-refractivity contribution in [2.75, 3.05) is 0 Å². The van der Waals surface area contributed by atoms with Crippen LogP contribution in [0.2, 0.25) is 0 Å². The minimum Gasteiger partial charge on any atom is -0.409 e. The lowest BCUT2D eigenvalue weighted by molar-refractivity contribution is 0.303. The maximum absolute atomic E-state index is 8.45. The SMILES string of the molecule is CC(C)(CC(N)=NO)C(Cl)CC(Cl)(Cl)Cl. The molecule has 3 nitrogen and oxygen atoms in total. The Labute approximate surface area is 109 Å². The molecule has 0 aliphatic heterocycles. The summed E-state index contributed by atoms with van der Waals surface area (Å²) in [5.41, 5.74) is 4.99. The highest BCUT2D eigenvalue weighted by atomic mass is 35.6. The molecule has 0 bridgehead atoms. The lowest BCUT2D eigenvalue weighted by Gasteiger charge is -2.31. The Bertz CT molecular complexity index is 237. The fraction of sp³-hybridized carbons (Fsp3) is 0.875. The smallest absolute Gasteiger partial charge is 0.192 e. The Kier molecular flexibility index (Phi) is 5.83. The van der Waals surface area contributed by atoms with Crippen molar-refractivity contribution in [2.45, 2.75) is 35.9 Å². The highest BCUT2D eigenvalue weighted by molar-refractivity contribution is 6.67. The molecule has 0 aliphatic rings. The van der Waals surface area contributed by atoms with Crippen LogP contribution in [0.25, 0.3) is 0 Å². The highest BCUT2D eigenvalue weighted by Crippen LogP contribution is 2.40. The molecule has 0 saturated carbocycles. The van der Waals surface area contributed by atoms with Crippen LogP contribution in [0.1, 0.15) is 26.7 Å². The number of nitrogens with two attached hydrogens (primary N) is 1. The zero-order valence-corrected chi connectivity index (χ0v) is 11.5. The van der Waals surface area contributed by atoms with Crippen LogP contribution in [0.4, 0.5) is 0 Å². The largest absolute Gasteiger partial charge is 0.409 e. The second kappa shape index (κ2) is 5.67. The molecule has 0 fully saturated rings. The van der Waals surface area contributed by atoms with E-state index < -0.39 is 9.21 Å². The molecular weight excluding hydrogens is 282 g/mol. The van der Waals surface area contributed by atoms with E-state index in [4.69, 9.17) is 57.3 Å². The van der Waals surface area contributed by atoms with E-state index in [1.807, 2.05) is 13.8 Å². The van der Waals surface area contributed by atoms with Gasteiger partial charge < -0.3 is 10.9 Å². The van der Waals surface area contributed by atoms with Gasteiger partial charge in [0.25, 0.3) is 0 Å². The number of nitrogens with zero attached hydrogens (tertiary/aromatic N) is 1. The standard InChI is InChI=1S/C8H14Cl4N2O/c1-7(2,4-6(13)14-15)5(9)3-8(10,11)12/h5,15H,3-4H2,1-2H3,(H2,13,14). The molecule has 7 heteroatoms. The van der Waals surface area contributed by atoms with Crippen LogP contribution in [0.15, 0.2) is 5.16 Å². The van der Waals surface area contributed by atoms with Crippen molar-refractivity contribution in [1.82, 2.24) is 0 Å². The third-order valence-electron chi connectivity index (χ3n) is 2.02. The van der Waals surface area contributed by atoms with Crippen LogP contribution in [-0.4, -0.2) is 20.2 Å². The van der Waals surface area contributed by atoms with Gasteiger partial charge >= 0.3 is 0 Å². The monoisotopic (exact) mass is 294 g/mol. The summed E-state index contributed by atoms with van der Waals surface area (Å²) in [6, 6.07) is 0.